The number of hydrogen-bond donors (Lipinski definition) is 2. The number of hydrogen-bond acceptors (Lipinski definition) is 3. The van der Waals surface area contributed by atoms with Crippen molar-refractivity contribution in [3.63, 3.8) is 0 Å². The van der Waals surface area contributed by atoms with Gasteiger partial charge in [0.25, 0.3) is 11.8 Å². The van der Waals surface area contributed by atoms with Gasteiger partial charge in [-0.05, 0) is 37.3 Å². The van der Waals surface area contributed by atoms with E-state index in [1.165, 1.54) is 37.3 Å². The molecule has 0 heterocycles. The number of carbonyl (C=O) groups excluding carboxylic acids is 2. The summed E-state index contributed by atoms with van der Waals surface area (Å²) in [5.41, 5.74) is 3.83. The molecule has 0 saturated heterocycles. The van der Waals surface area contributed by atoms with Crippen molar-refractivity contribution in [1.82, 2.24) is 10.9 Å². The van der Waals surface area contributed by atoms with Crippen LogP contribution in [-0.4, -0.2) is 17.9 Å². The molecule has 2 N–H and O–H groups in total. The molecular weight excluding hydrogens is 342 g/mol. The molecule has 2 amide bonds. The molecule has 0 fully saturated rings. The minimum absolute atomic E-state index is 0.102. The van der Waals surface area contributed by atoms with Crippen molar-refractivity contribution < 1.29 is 23.1 Å². The van der Waals surface area contributed by atoms with Crippen LogP contribution >= 0.6 is 11.6 Å². The highest BCUT2D eigenvalue weighted by Gasteiger charge is 2.18. The average molecular weight is 355 g/mol. The second-order valence-electron chi connectivity index (χ2n) is 4.76. The minimum atomic E-state index is -1.09. The third-order valence-electron chi connectivity index (χ3n) is 2.98. The lowest BCUT2D eigenvalue weighted by Gasteiger charge is -2.15. The number of halogens is 3. The number of benzene rings is 2. The lowest BCUT2D eigenvalue weighted by Crippen LogP contribution is -2.47. The fraction of sp³-hybridized carbons (Fsp3) is 0.125. The Morgan fingerprint density at radius 3 is 2.46 bits per heavy atom. The second kappa shape index (κ2) is 7.74. The summed E-state index contributed by atoms with van der Waals surface area (Å²) in [6.07, 6.45) is -1.09. The number of nitrogens with one attached hydrogen (secondary N) is 2. The first-order chi connectivity index (χ1) is 11.4. The molecule has 0 bridgehead atoms. The summed E-state index contributed by atoms with van der Waals surface area (Å²) in [5, 5.41) is 0.139. The van der Waals surface area contributed by atoms with E-state index in [1.54, 1.807) is 6.07 Å². The van der Waals surface area contributed by atoms with E-state index < -0.39 is 29.6 Å². The van der Waals surface area contributed by atoms with Gasteiger partial charge in [-0.1, -0.05) is 23.7 Å². The molecule has 0 aliphatic carbocycles. The largest absolute Gasteiger partial charge is 0.478 e. The van der Waals surface area contributed by atoms with Crippen LogP contribution in [0.4, 0.5) is 8.78 Å². The third kappa shape index (κ3) is 4.42. The number of para-hydroxylation sites is 1. The molecule has 5 nitrogen and oxygen atoms in total. The van der Waals surface area contributed by atoms with Crippen molar-refractivity contribution >= 4 is 23.4 Å². The molecule has 0 aliphatic rings. The molecule has 0 radical (unpaired) electrons. The highest BCUT2D eigenvalue weighted by Crippen LogP contribution is 2.17. The standard InChI is InChI=1S/C16H13ClF2N2O3/c1-9(24-14-5-3-2-4-12(14)18)15(22)20-21-16(23)11-7-6-10(17)8-13(11)19/h2-9H,1H3,(H,20,22)(H,21,23)/t9-/m0/s1. The zero-order chi connectivity index (χ0) is 17.7. The van der Waals surface area contributed by atoms with Gasteiger partial charge in [0.05, 0.1) is 5.56 Å². The van der Waals surface area contributed by atoms with Crippen LogP contribution in [0.15, 0.2) is 42.5 Å². The van der Waals surface area contributed by atoms with Gasteiger partial charge in [-0.25, -0.2) is 8.78 Å². The Balaban J connectivity index is 1.92. The van der Waals surface area contributed by atoms with Crippen molar-refractivity contribution in [2.45, 2.75) is 13.0 Å². The van der Waals surface area contributed by atoms with Crippen molar-refractivity contribution in [2.75, 3.05) is 0 Å². The Kier molecular flexibility index (Phi) is 5.70. The van der Waals surface area contributed by atoms with Crippen molar-refractivity contribution in [3.05, 3.63) is 64.7 Å². The molecule has 24 heavy (non-hydrogen) atoms. The summed E-state index contributed by atoms with van der Waals surface area (Å²) in [6, 6.07) is 9.07. The van der Waals surface area contributed by atoms with Crippen LogP contribution in [0, 0.1) is 11.6 Å². The average Bonchev–Trinajstić information content (AvgIpc) is 2.54. The van der Waals surface area contributed by atoms with E-state index in [1.807, 2.05) is 5.43 Å². The highest BCUT2D eigenvalue weighted by molar-refractivity contribution is 6.30. The van der Waals surface area contributed by atoms with Gasteiger partial charge in [-0.2, -0.15) is 0 Å². The number of rotatable bonds is 4. The molecule has 2 aromatic carbocycles. The van der Waals surface area contributed by atoms with E-state index in [0.717, 1.165) is 6.07 Å². The van der Waals surface area contributed by atoms with Gasteiger partial charge in [0.15, 0.2) is 17.7 Å². The van der Waals surface area contributed by atoms with E-state index in [4.69, 9.17) is 16.3 Å². The van der Waals surface area contributed by atoms with Crippen molar-refractivity contribution in [2.24, 2.45) is 0 Å². The van der Waals surface area contributed by atoms with E-state index in [0.29, 0.717) is 0 Å². The summed E-state index contributed by atoms with van der Waals surface area (Å²) in [5.74, 6) is -3.15. The van der Waals surface area contributed by atoms with Crippen molar-refractivity contribution in [3.8, 4) is 5.75 Å². The van der Waals surface area contributed by atoms with E-state index >= 15 is 0 Å². The van der Waals surface area contributed by atoms with E-state index in [-0.39, 0.29) is 16.3 Å². The first-order valence-electron chi connectivity index (χ1n) is 6.85. The van der Waals surface area contributed by atoms with Gasteiger partial charge in [-0.3, -0.25) is 20.4 Å². The maximum Gasteiger partial charge on any atom is 0.279 e. The Morgan fingerprint density at radius 2 is 1.79 bits per heavy atom. The number of amides is 2. The fourth-order valence-corrected chi connectivity index (χ4v) is 1.90. The molecule has 0 unspecified atom stereocenters. The quantitative estimate of drug-likeness (QED) is 0.830. The molecule has 0 aromatic heterocycles. The summed E-state index contributed by atoms with van der Waals surface area (Å²) >= 11 is 5.59. The molecule has 2 rings (SSSR count). The lowest BCUT2D eigenvalue weighted by molar-refractivity contribution is -0.128. The molecule has 0 aliphatic heterocycles. The van der Waals surface area contributed by atoms with E-state index in [9.17, 15) is 18.4 Å². The second-order valence-corrected chi connectivity index (χ2v) is 5.19. The van der Waals surface area contributed by atoms with Crippen LogP contribution in [-0.2, 0) is 4.79 Å². The van der Waals surface area contributed by atoms with Gasteiger partial charge >= 0.3 is 0 Å². The third-order valence-corrected chi connectivity index (χ3v) is 3.22. The lowest BCUT2D eigenvalue weighted by atomic mass is 10.2. The number of ether oxygens (including phenoxy) is 1. The Bertz CT molecular complexity index is 771. The Labute approximate surface area is 141 Å². The molecule has 1 atom stereocenters. The van der Waals surface area contributed by atoms with E-state index in [2.05, 4.69) is 5.43 Å². The molecule has 0 saturated carbocycles. The predicted molar refractivity (Wildman–Crippen MR) is 83.5 cm³/mol. The molecule has 0 spiro atoms. The van der Waals surface area contributed by atoms with Crippen LogP contribution < -0.4 is 15.6 Å². The van der Waals surface area contributed by atoms with Crippen LogP contribution in [0.25, 0.3) is 0 Å². The fourth-order valence-electron chi connectivity index (χ4n) is 1.75. The van der Waals surface area contributed by atoms with Crippen LogP contribution in [0.2, 0.25) is 5.02 Å². The normalized spacial score (nSPS) is 11.5. The highest BCUT2D eigenvalue weighted by atomic mass is 35.5. The minimum Gasteiger partial charge on any atom is -0.478 e. The number of hydrazine groups is 1. The van der Waals surface area contributed by atoms with Crippen LogP contribution in [0.1, 0.15) is 17.3 Å². The Morgan fingerprint density at radius 1 is 1.08 bits per heavy atom. The predicted octanol–water partition coefficient (Wildman–Crippen LogP) is 2.85. The molecular formula is C16H13ClF2N2O3. The van der Waals surface area contributed by atoms with Crippen molar-refractivity contribution in [1.29, 1.82) is 0 Å². The van der Waals surface area contributed by atoms with Crippen LogP contribution in [0.5, 0.6) is 5.75 Å². The van der Waals surface area contributed by atoms with Gasteiger partial charge in [0.2, 0.25) is 0 Å². The maximum absolute atomic E-state index is 13.6. The maximum atomic E-state index is 13.6. The summed E-state index contributed by atoms with van der Waals surface area (Å²) in [4.78, 5) is 23.7. The Hall–Kier alpha value is -2.67. The number of carbonyl (C=O) groups is 2. The SMILES string of the molecule is C[C@H](Oc1ccccc1F)C(=O)NNC(=O)c1ccc(Cl)cc1F. The summed E-state index contributed by atoms with van der Waals surface area (Å²) in [7, 11) is 0. The van der Waals surface area contributed by atoms with Gasteiger partial charge < -0.3 is 4.74 Å². The topological polar surface area (TPSA) is 67.4 Å². The van der Waals surface area contributed by atoms with Crippen LogP contribution in [0.3, 0.4) is 0 Å². The first-order valence-corrected chi connectivity index (χ1v) is 7.22. The zero-order valence-corrected chi connectivity index (χ0v) is 13.2. The molecule has 126 valence electrons. The summed E-state index contributed by atoms with van der Waals surface area (Å²) in [6.45, 7) is 1.37. The first kappa shape index (κ1) is 17.7. The van der Waals surface area contributed by atoms with Gasteiger partial charge in [0.1, 0.15) is 5.82 Å². The van der Waals surface area contributed by atoms with Gasteiger partial charge in [0, 0.05) is 5.02 Å². The molecule has 2 aromatic rings. The monoisotopic (exact) mass is 354 g/mol. The molecule has 8 heteroatoms. The van der Waals surface area contributed by atoms with Gasteiger partial charge in [-0.15, -0.1) is 0 Å². The summed E-state index contributed by atoms with van der Waals surface area (Å²) < 4.78 is 32.2. The zero-order valence-electron chi connectivity index (χ0n) is 12.5. The smallest absolute Gasteiger partial charge is 0.279 e.